The Labute approximate surface area is 190 Å². The third kappa shape index (κ3) is 5.49. The van der Waals surface area contributed by atoms with Crippen LogP contribution in [0, 0.1) is 0 Å². The van der Waals surface area contributed by atoms with Crippen LogP contribution < -0.4 is 10.6 Å². The van der Waals surface area contributed by atoms with Crippen LogP contribution in [0.2, 0.25) is 0 Å². The fraction of sp³-hybridized carbons (Fsp3) is 0.458. The first kappa shape index (κ1) is 22.8. The van der Waals surface area contributed by atoms with Gasteiger partial charge in [0.25, 0.3) is 0 Å². The van der Waals surface area contributed by atoms with E-state index < -0.39 is 16.1 Å². The van der Waals surface area contributed by atoms with E-state index in [0.717, 1.165) is 25.1 Å². The molecule has 2 heterocycles. The van der Waals surface area contributed by atoms with Gasteiger partial charge in [-0.2, -0.15) is 4.31 Å². The minimum Gasteiger partial charge on any atom is -0.374 e. The van der Waals surface area contributed by atoms with E-state index in [1.165, 1.54) is 35.8 Å². The van der Waals surface area contributed by atoms with E-state index in [2.05, 4.69) is 27.7 Å². The monoisotopic (exact) mass is 456 g/mol. The number of anilines is 2. The number of benzene rings is 2. The SMILES string of the molecule is C[C@H](Nc1ccc(CN2CCCC2)cc1)C(=O)Nc1ccc(S(=O)(=O)N2CCCC2)cc1. The van der Waals surface area contributed by atoms with E-state index in [1.54, 1.807) is 31.2 Å². The van der Waals surface area contributed by atoms with Crippen LogP contribution in [0.15, 0.2) is 53.4 Å². The molecule has 8 heteroatoms. The minimum absolute atomic E-state index is 0.179. The van der Waals surface area contributed by atoms with Crippen LogP contribution in [0.4, 0.5) is 11.4 Å². The first-order valence-corrected chi connectivity index (χ1v) is 12.8. The van der Waals surface area contributed by atoms with Crippen LogP contribution in [0.1, 0.15) is 38.2 Å². The van der Waals surface area contributed by atoms with Crippen molar-refractivity contribution in [3.63, 3.8) is 0 Å². The van der Waals surface area contributed by atoms with E-state index in [0.29, 0.717) is 18.8 Å². The number of likely N-dealkylation sites (tertiary alicyclic amines) is 1. The van der Waals surface area contributed by atoms with Gasteiger partial charge in [-0.25, -0.2) is 8.42 Å². The van der Waals surface area contributed by atoms with Gasteiger partial charge in [-0.1, -0.05) is 12.1 Å². The van der Waals surface area contributed by atoms with Gasteiger partial charge in [0.1, 0.15) is 6.04 Å². The first-order chi connectivity index (χ1) is 15.4. The van der Waals surface area contributed by atoms with Gasteiger partial charge in [0.2, 0.25) is 15.9 Å². The highest BCUT2D eigenvalue weighted by Crippen LogP contribution is 2.22. The van der Waals surface area contributed by atoms with Crippen LogP contribution >= 0.6 is 0 Å². The van der Waals surface area contributed by atoms with Gasteiger partial charge in [0, 0.05) is 31.0 Å². The van der Waals surface area contributed by atoms with Crippen molar-refractivity contribution in [3.05, 3.63) is 54.1 Å². The fourth-order valence-electron chi connectivity index (χ4n) is 4.26. The van der Waals surface area contributed by atoms with Crippen LogP contribution in [-0.4, -0.2) is 55.8 Å². The zero-order valence-electron chi connectivity index (χ0n) is 18.6. The number of hydrogen-bond donors (Lipinski definition) is 2. The number of nitrogens with one attached hydrogen (secondary N) is 2. The topological polar surface area (TPSA) is 81.8 Å². The molecule has 0 bridgehead atoms. The van der Waals surface area contributed by atoms with Crippen LogP contribution in [0.5, 0.6) is 0 Å². The lowest BCUT2D eigenvalue weighted by Gasteiger charge is -2.18. The van der Waals surface area contributed by atoms with E-state index >= 15 is 0 Å². The summed E-state index contributed by atoms with van der Waals surface area (Å²) in [6, 6.07) is 14.2. The van der Waals surface area contributed by atoms with Gasteiger partial charge < -0.3 is 10.6 Å². The molecular weight excluding hydrogens is 424 g/mol. The summed E-state index contributed by atoms with van der Waals surface area (Å²) in [7, 11) is -3.45. The molecule has 172 valence electrons. The smallest absolute Gasteiger partial charge is 0.246 e. The van der Waals surface area contributed by atoms with Crippen molar-refractivity contribution in [1.29, 1.82) is 0 Å². The standard InChI is InChI=1S/C24H32N4O3S/c1-19(25-21-8-6-20(7-9-21)18-27-14-2-3-15-27)24(29)26-22-10-12-23(13-11-22)32(30,31)28-16-4-5-17-28/h6-13,19,25H,2-5,14-18H2,1H3,(H,26,29)/t19-/m0/s1. The molecule has 2 aromatic carbocycles. The average Bonchev–Trinajstić information content (AvgIpc) is 3.50. The second-order valence-electron chi connectivity index (χ2n) is 8.67. The summed E-state index contributed by atoms with van der Waals surface area (Å²) in [5.74, 6) is -0.179. The molecule has 1 atom stereocenters. The Kier molecular flexibility index (Phi) is 7.13. The van der Waals surface area contributed by atoms with Crippen LogP contribution in [0.3, 0.4) is 0 Å². The Morgan fingerprint density at radius 2 is 1.44 bits per heavy atom. The predicted molar refractivity (Wildman–Crippen MR) is 127 cm³/mol. The van der Waals surface area contributed by atoms with Crippen molar-refractivity contribution in [3.8, 4) is 0 Å². The molecule has 2 saturated heterocycles. The third-order valence-corrected chi connectivity index (χ3v) is 8.07. The number of hydrogen-bond acceptors (Lipinski definition) is 5. The quantitative estimate of drug-likeness (QED) is 0.635. The Balaban J connectivity index is 1.30. The average molecular weight is 457 g/mol. The Bertz CT molecular complexity index is 1010. The molecule has 2 fully saturated rings. The highest BCUT2D eigenvalue weighted by atomic mass is 32.2. The van der Waals surface area contributed by atoms with Crippen LogP contribution in [0.25, 0.3) is 0 Å². The lowest BCUT2D eigenvalue weighted by atomic mass is 10.2. The molecule has 4 rings (SSSR count). The van der Waals surface area contributed by atoms with E-state index in [1.807, 2.05) is 12.1 Å². The zero-order chi connectivity index (χ0) is 22.6. The van der Waals surface area contributed by atoms with Crippen molar-refractivity contribution in [1.82, 2.24) is 9.21 Å². The lowest BCUT2D eigenvalue weighted by molar-refractivity contribution is -0.116. The highest BCUT2D eigenvalue weighted by molar-refractivity contribution is 7.89. The molecule has 2 aromatic rings. The summed E-state index contributed by atoms with van der Waals surface area (Å²) in [5, 5.41) is 6.08. The second kappa shape index (κ2) is 10.0. The first-order valence-electron chi connectivity index (χ1n) is 11.4. The maximum atomic E-state index is 12.6. The molecular formula is C24H32N4O3S. The fourth-order valence-corrected chi connectivity index (χ4v) is 5.78. The molecule has 2 aliphatic rings. The zero-order valence-corrected chi connectivity index (χ0v) is 19.4. The number of carbonyl (C=O) groups is 1. The van der Waals surface area contributed by atoms with E-state index in [4.69, 9.17) is 0 Å². The molecule has 32 heavy (non-hydrogen) atoms. The number of amides is 1. The summed E-state index contributed by atoms with van der Waals surface area (Å²) >= 11 is 0. The molecule has 2 N–H and O–H groups in total. The Hall–Kier alpha value is -2.42. The largest absolute Gasteiger partial charge is 0.374 e. The van der Waals surface area contributed by atoms with Gasteiger partial charge in [0.15, 0.2) is 0 Å². The molecule has 1 amide bonds. The minimum atomic E-state index is -3.45. The number of nitrogens with zero attached hydrogens (tertiary/aromatic N) is 2. The van der Waals surface area contributed by atoms with Crippen molar-refractivity contribution < 1.29 is 13.2 Å². The predicted octanol–water partition coefficient (Wildman–Crippen LogP) is 3.51. The normalized spacial score (nSPS) is 18.5. The molecule has 0 aromatic heterocycles. The van der Waals surface area contributed by atoms with Crippen LogP contribution in [-0.2, 0) is 21.4 Å². The molecule has 0 aliphatic carbocycles. The Morgan fingerprint density at radius 1 is 0.875 bits per heavy atom. The summed E-state index contributed by atoms with van der Waals surface area (Å²) in [6.07, 6.45) is 4.37. The summed E-state index contributed by atoms with van der Waals surface area (Å²) in [5.41, 5.74) is 2.74. The third-order valence-electron chi connectivity index (χ3n) is 6.16. The van der Waals surface area contributed by atoms with Crippen molar-refractivity contribution in [2.75, 3.05) is 36.8 Å². The van der Waals surface area contributed by atoms with Gasteiger partial charge in [0.05, 0.1) is 4.90 Å². The lowest BCUT2D eigenvalue weighted by Crippen LogP contribution is -2.32. The van der Waals surface area contributed by atoms with Gasteiger partial charge in [-0.15, -0.1) is 0 Å². The van der Waals surface area contributed by atoms with Gasteiger partial charge in [-0.05, 0) is 87.7 Å². The summed E-state index contributed by atoms with van der Waals surface area (Å²) in [4.78, 5) is 15.3. The second-order valence-corrected chi connectivity index (χ2v) is 10.6. The molecule has 0 saturated carbocycles. The molecule has 0 unspecified atom stereocenters. The Morgan fingerprint density at radius 3 is 2.06 bits per heavy atom. The number of rotatable bonds is 8. The molecule has 0 radical (unpaired) electrons. The maximum Gasteiger partial charge on any atom is 0.246 e. The summed E-state index contributed by atoms with van der Waals surface area (Å²) < 4.78 is 26.8. The van der Waals surface area contributed by atoms with E-state index in [-0.39, 0.29) is 10.8 Å². The molecule has 2 aliphatic heterocycles. The maximum absolute atomic E-state index is 12.6. The van der Waals surface area contributed by atoms with Crippen molar-refractivity contribution >= 4 is 27.3 Å². The van der Waals surface area contributed by atoms with Gasteiger partial charge >= 0.3 is 0 Å². The summed E-state index contributed by atoms with van der Waals surface area (Å²) in [6.45, 7) is 6.26. The molecule has 7 nitrogen and oxygen atoms in total. The number of carbonyl (C=O) groups excluding carboxylic acids is 1. The van der Waals surface area contributed by atoms with Crippen molar-refractivity contribution in [2.45, 2.75) is 50.1 Å². The molecule has 0 spiro atoms. The van der Waals surface area contributed by atoms with Gasteiger partial charge in [-0.3, -0.25) is 9.69 Å². The van der Waals surface area contributed by atoms with E-state index in [9.17, 15) is 13.2 Å². The number of sulfonamides is 1. The highest BCUT2D eigenvalue weighted by Gasteiger charge is 2.27. The van der Waals surface area contributed by atoms with Crippen molar-refractivity contribution in [2.24, 2.45) is 0 Å².